The number of amides is 1. The van der Waals surface area contributed by atoms with Crippen molar-refractivity contribution in [2.45, 2.75) is 20.0 Å². The number of rotatable bonds is 4. The lowest BCUT2D eigenvalue weighted by Gasteiger charge is -2.10. The standard InChI is InChI=1S/C16H15N3O3/c1-11-8-12(22-18-11)9-17-16(21)10-19-7-6-15(20)13-4-2-3-5-14(13)19/h2-8H,9-10H2,1H3,(H,17,21). The van der Waals surface area contributed by atoms with Crippen LogP contribution in [0, 0.1) is 6.92 Å². The van der Waals surface area contributed by atoms with Crippen LogP contribution in [0.5, 0.6) is 0 Å². The predicted molar refractivity (Wildman–Crippen MR) is 81.3 cm³/mol. The van der Waals surface area contributed by atoms with Crippen molar-refractivity contribution in [3.63, 3.8) is 0 Å². The molecule has 1 amide bonds. The topological polar surface area (TPSA) is 77.1 Å². The third-order valence-corrected chi connectivity index (χ3v) is 3.34. The molecular weight excluding hydrogens is 282 g/mol. The second kappa shape index (κ2) is 5.85. The second-order valence-electron chi connectivity index (χ2n) is 5.04. The summed E-state index contributed by atoms with van der Waals surface area (Å²) in [4.78, 5) is 23.8. The monoisotopic (exact) mass is 297 g/mol. The first-order valence-electron chi connectivity index (χ1n) is 6.90. The van der Waals surface area contributed by atoms with Gasteiger partial charge in [-0.3, -0.25) is 9.59 Å². The third-order valence-electron chi connectivity index (χ3n) is 3.34. The Balaban J connectivity index is 1.74. The van der Waals surface area contributed by atoms with E-state index >= 15 is 0 Å². The van der Waals surface area contributed by atoms with Gasteiger partial charge in [0, 0.05) is 23.7 Å². The van der Waals surface area contributed by atoms with Gasteiger partial charge < -0.3 is 14.4 Å². The Morgan fingerprint density at radius 1 is 1.32 bits per heavy atom. The minimum absolute atomic E-state index is 0.0515. The fourth-order valence-electron chi connectivity index (χ4n) is 2.29. The molecule has 22 heavy (non-hydrogen) atoms. The largest absolute Gasteiger partial charge is 0.359 e. The normalized spacial score (nSPS) is 10.8. The Hall–Kier alpha value is -2.89. The van der Waals surface area contributed by atoms with Crippen molar-refractivity contribution in [1.29, 1.82) is 0 Å². The highest BCUT2D eigenvalue weighted by Crippen LogP contribution is 2.09. The zero-order valence-corrected chi connectivity index (χ0v) is 12.1. The summed E-state index contributed by atoms with van der Waals surface area (Å²) in [5, 5.41) is 7.13. The Kier molecular flexibility index (Phi) is 3.74. The van der Waals surface area contributed by atoms with E-state index in [4.69, 9.17) is 4.52 Å². The van der Waals surface area contributed by atoms with Gasteiger partial charge in [0.2, 0.25) is 5.91 Å². The second-order valence-corrected chi connectivity index (χ2v) is 5.04. The van der Waals surface area contributed by atoms with Gasteiger partial charge in [0.1, 0.15) is 6.54 Å². The van der Waals surface area contributed by atoms with Crippen molar-refractivity contribution in [1.82, 2.24) is 15.0 Å². The molecule has 0 spiro atoms. The molecule has 6 nitrogen and oxygen atoms in total. The van der Waals surface area contributed by atoms with Crippen molar-refractivity contribution in [3.05, 3.63) is 64.3 Å². The maximum Gasteiger partial charge on any atom is 0.240 e. The molecule has 3 rings (SSSR count). The SMILES string of the molecule is Cc1cc(CNC(=O)Cn2ccc(=O)c3ccccc32)on1. The number of hydrogen-bond acceptors (Lipinski definition) is 4. The molecule has 2 heterocycles. The number of benzene rings is 1. The van der Waals surface area contributed by atoms with E-state index in [0.717, 1.165) is 11.2 Å². The molecule has 0 bridgehead atoms. The molecule has 0 aliphatic heterocycles. The Labute approximate surface area is 126 Å². The van der Waals surface area contributed by atoms with E-state index in [1.807, 2.05) is 19.1 Å². The van der Waals surface area contributed by atoms with Crippen LogP contribution in [0.3, 0.4) is 0 Å². The zero-order chi connectivity index (χ0) is 15.5. The van der Waals surface area contributed by atoms with E-state index < -0.39 is 0 Å². The van der Waals surface area contributed by atoms with Crippen molar-refractivity contribution in [3.8, 4) is 0 Å². The number of aromatic nitrogens is 2. The van der Waals surface area contributed by atoms with Crippen LogP contribution in [0.1, 0.15) is 11.5 Å². The summed E-state index contributed by atoms with van der Waals surface area (Å²) >= 11 is 0. The molecule has 112 valence electrons. The molecule has 0 aliphatic carbocycles. The first kappa shape index (κ1) is 14.1. The quantitative estimate of drug-likeness (QED) is 0.793. The summed E-state index contributed by atoms with van der Waals surface area (Å²) in [7, 11) is 0. The molecule has 0 aliphatic rings. The van der Waals surface area contributed by atoms with E-state index in [1.165, 1.54) is 6.07 Å². The van der Waals surface area contributed by atoms with Gasteiger partial charge in [-0.1, -0.05) is 17.3 Å². The van der Waals surface area contributed by atoms with Crippen molar-refractivity contribution in [2.75, 3.05) is 0 Å². The molecular formula is C16H15N3O3. The number of aryl methyl sites for hydroxylation is 1. The highest BCUT2D eigenvalue weighted by Gasteiger charge is 2.08. The fourth-order valence-corrected chi connectivity index (χ4v) is 2.29. The van der Waals surface area contributed by atoms with Gasteiger partial charge in [0.05, 0.1) is 17.8 Å². The van der Waals surface area contributed by atoms with Gasteiger partial charge in [0.25, 0.3) is 0 Å². The minimum atomic E-state index is -0.164. The van der Waals surface area contributed by atoms with Crippen LogP contribution < -0.4 is 10.7 Å². The lowest BCUT2D eigenvalue weighted by molar-refractivity contribution is -0.121. The zero-order valence-electron chi connectivity index (χ0n) is 12.1. The van der Waals surface area contributed by atoms with E-state index in [2.05, 4.69) is 10.5 Å². The number of pyridine rings is 1. The van der Waals surface area contributed by atoms with E-state index in [0.29, 0.717) is 11.1 Å². The number of nitrogens with one attached hydrogen (secondary N) is 1. The van der Waals surface area contributed by atoms with Crippen molar-refractivity contribution >= 4 is 16.8 Å². The van der Waals surface area contributed by atoms with Crippen LogP contribution in [0.25, 0.3) is 10.9 Å². The molecule has 0 saturated heterocycles. The minimum Gasteiger partial charge on any atom is -0.359 e. The molecule has 0 atom stereocenters. The summed E-state index contributed by atoms with van der Waals surface area (Å²) in [6, 6.07) is 10.5. The summed E-state index contributed by atoms with van der Waals surface area (Å²) < 4.78 is 6.79. The fraction of sp³-hybridized carbons (Fsp3) is 0.188. The predicted octanol–water partition coefficient (Wildman–Crippen LogP) is 1.61. The molecule has 0 fully saturated rings. The summed E-state index contributed by atoms with van der Waals surface area (Å²) in [5.41, 5.74) is 1.46. The molecule has 1 N–H and O–H groups in total. The van der Waals surface area contributed by atoms with Gasteiger partial charge in [-0.25, -0.2) is 0 Å². The molecule has 0 unspecified atom stereocenters. The number of hydrogen-bond donors (Lipinski definition) is 1. The van der Waals surface area contributed by atoms with E-state index in [1.54, 1.807) is 29.0 Å². The number of para-hydroxylation sites is 1. The van der Waals surface area contributed by atoms with Gasteiger partial charge in [-0.15, -0.1) is 0 Å². The third kappa shape index (κ3) is 2.90. The lowest BCUT2D eigenvalue weighted by atomic mass is 10.2. The molecule has 6 heteroatoms. The van der Waals surface area contributed by atoms with Crippen LogP contribution >= 0.6 is 0 Å². The summed E-state index contributed by atoms with van der Waals surface area (Å²) in [5.74, 6) is 0.443. The van der Waals surface area contributed by atoms with Gasteiger partial charge in [-0.2, -0.15) is 0 Å². The number of carbonyl (C=O) groups is 1. The molecule has 3 aromatic rings. The maximum atomic E-state index is 12.0. The van der Waals surface area contributed by atoms with Crippen molar-refractivity contribution in [2.24, 2.45) is 0 Å². The summed E-state index contributed by atoms with van der Waals surface area (Å²) in [6.45, 7) is 2.24. The molecule has 2 aromatic heterocycles. The van der Waals surface area contributed by atoms with Gasteiger partial charge >= 0.3 is 0 Å². The Bertz CT molecular complexity index is 879. The first-order valence-corrected chi connectivity index (χ1v) is 6.90. The lowest BCUT2D eigenvalue weighted by Crippen LogP contribution is -2.27. The smallest absolute Gasteiger partial charge is 0.240 e. The number of nitrogens with zero attached hydrogens (tertiary/aromatic N) is 2. The van der Waals surface area contributed by atoms with Crippen molar-refractivity contribution < 1.29 is 9.32 Å². The molecule has 1 aromatic carbocycles. The highest BCUT2D eigenvalue weighted by molar-refractivity contribution is 5.82. The van der Waals surface area contributed by atoms with Gasteiger partial charge in [-0.05, 0) is 19.1 Å². The maximum absolute atomic E-state index is 12.0. The average Bonchev–Trinajstić information content (AvgIpc) is 2.94. The van der Waals surface area contributed by atoms with Crippen LogP contribution in [-0.2, 0) is 17.9 Å². The van der Waals surface area contributed by atoms with Crippen LogP contribution in [0.2, 0.25) is 0 Å². The summed E-state index contributed by atoms with van der Waals surface area (Å²) in [6.07, 6.45) is 1.63. The number of carbonyl (C=O) groups excluding carboxylic acids is 1. The van der Waals surface area contributed by atoms with E-state index in [-0.39, 0.29) is 24.4 Å². The average molecular weight is 297 g/mol. The number of fused-ring (bicyclic) bond motifs is 1. The van der Waals surface area contributed by atoms with Crippen LogP contribution in [-0.4, -0.2) is 15.6 Å². The van der Waals surface area contributed by atoms with E-state index in [9.17, 15) is 9.59 Å². The van der Waals surface area contributed by atoms with Crippen LogP contribution in [0.4, 0.5) is 0 Å². The van der Waals surface area contributed by atoms with Gasteiger partial charge in [0.15, 0.2) is 11.2 Å². The van der Waals surface area contributed by atoms with Crippen LogP contribution in [0.15, 0.2) is 51.9 Å². The first-order chi connectivity index (χ1) is 10.6. The molecule has 0 radical (unpaired) electrons. The highest BCUT2D eigenvalue weighted by atomic mass is 16.5. The Morgan fingerprint density at radius 3 is 2.91 bits per heavy atom. The Morgan fingerprint density at radius 2 is 2.14 bits per heavy atom. The molecule has 0 saturated carbocycles.